The van der Waals surface area contributed by atoms with Crippen LogP contribution >= 0.6 is 0 Å². The summed E-state index contributed by atoms with van der Waals surface area (Å²) in [5.74, 6) is 0. The van der Waals surface area contributed by atoms with Crippen LogP contribution in [0.5, 0.6) is 0 Å². The van der Waals surface area contributed by atoms with Gasteiger partial charge in [0.2, 0.25) is 5.60 Å². The summed E-state index contributed by atoms with van der Waals surface area (Å²) in [5, 5.41) is 18.1. The van der Waals surface area contributed by atoms with Crippen molar-refractivity contribution in [2.75, 3.05) is 0 Å². The Hall–Kier alpha value is -0.890. The predicted molar refractivity (Wildman–Crippen MR) is 103 cm³/mol. The van der Waals surface area contributed by atoms with Crippen LogP contribution in [0.2, 0.25) is 0 Å². The summed E-state index contributed by atoms with van der Waals surface area (Å²) in [5.41, 5.74) is -5.62. The van der Waals surface area contributed by atoms with Crippen molar-refractivity contribution < 1.29 is 32.7 Å². The summed E-state index contributed by atoms with van der Waals surface area (Å²) in [7, 11) is 16.2. The Kier molecular flexibility index (Phi) is 5.70. The molecule has 1 aromatic carbocycles. The van der Waals surface area contributed by atoms with Gasteiger partial charge < -0.3 is 19.5 Å². The van der Waals surface area contributed by atoms with E-state index in [1.165, 1.54) is 0 Å². The van der Waals surface area contributed by atoms with Gasteiger partial charge in [-0.1, -0.05) is 23.8 Å². The lowest BCUT2D eigenvalue weighted by molar-refractivity contribution is -0.295. The van der Waals surface area contributed by atoms with Crippen molar-refractivity contribution in [3.8, 4) is 0 Å². The van der Waals surface area contributed by atoms with E-state index in [2.05, 4.69) is 0 Å². The molecule has 2 atom stereocenters. The van der Waals surface area contributed by atoms with Crippen LogP contribution in [0.3, 0.4) is 0 Å². The van der Waals surface area contributed by atoms with Crippen LogP contribution in [-0.4, -0.2) is 64.4 Å². The molecule has 1 aliphatic heterocycles. The predicted octanol–water partition coefficient (Wildman–Crippen LogP) is 0.732. The molecule has 1 aliphatic rings. The monoisotopic (exact) mass is 390 g/mol. The SMILES string of the molecule is [B]C([B])([B])c1ccc(C(O)(C(C)O)C(F)(F)F)cc1B1OC(C)(C)C(C)(C)O1. The molecular weight excluding hydrogens is 368 g/mol. The standard InChI is InChI=1S/C17H21B4F3O4/c1-9(25)15(26,17(22,23)24)10-6-7-11(16(18,19)20)12(8-10)21-27-13(2,3)14(4,5)28-21/h6-9,25-26H,1-5H3. The third-order valence-corrected chi connectivity index (χ3v) is 5.50. The molecule has 2 N–H and O–H groups in total. The van der Waals surface area contributed by atoms with Gasteiger partial charge in [-0.2, -0.15) is 13.2 Å². The Morgan fingerprint density at radius 2 is 1.50 bits per heavy atom. The summed E-state index contributed by atoms with van der Waals surface area (Å²) in [6, 6.07) is 3.12. The molecule has 6 radical (unpaired) electrons. The molecule has 0 amide bonds. The van der Waals surface area contributed by atoms with E-state index in [1.807, 2.05) is 0 Å². The number of halogens is 3. The van der Waals surface area contributed by atoms with Gasteiger partial charge in [-0.15, -0.1) is 5.11 Å². The highest BCUT2D eigenvalue weighted by Gasteiger charge is 2.59. The first-order valence-corrected chi connectivity index (χ1v) is 8.69. The fourth-order valence-corrected chi connectivity index (χ4v) is 3.00. The number of hydrogen-bond donors (Lipinski definition) is 2. The second-order valence-corrected chi connectivity index (χ2v) is 8.26. The minimum absolute atomic E-state index is 0.0342. The van der Waals surface area contributed by atoms with Gasteiger partial charge >= 0.3 is 13.3 Å². The highest BCUT2D eigenvalue weighted by atomic mass is 19.4. The quantitative estimate of drug-likeness (QED) is 0.746. The zero-order valence-corrected chi connectivity index (χ0v) is 16.5. The second-order valence-electron chi connectivity index (χ2n) is 8.26. The highest BCUT2D eigenvalue weighted by Crippen LogP contribution is 2.42. The smallest absolute Gasteiger partial charge is 0.399 e. The Bertz CT molecular complexity index is 731. The number of aliphatic hydroxyl groups is 2. The van der Waals surface area contributed by atoms with Crippen LogP contribution in [0, 0.1) is 0 Å². The first-order valence-electron chi connectivity index (χ1n) is 8.69. The van der Waals surface area contributed by atoms with Gasteiger partial charge in [0, 0.05) is 0 Å². The Morgan fingerprint density at radius 1 is 1.04 bits per heavy atom. The highest BCUT2D eigenvalue weighted by molar-refractivity contribution is 6.66. The molecule has 28 heavy (non-hydrogen) atoms. The molecule has 0 bridgehead atoms. The zero-order valence-electron chi connectivity index (χ0n) is 16.5. The van der Waals surface area contributed by atoms with Crippen molar-refractivity contribution in [3.63, 3.8) is 0 Å². The van der Waals surface area contributed by atoms with Gasteiger partial charge in [-0.25, -0.2) is 0 Å². The maximum Gasteiger partial charge on any atom is 0.495 e. The van der Waals surface area contributed by atoms with E-state index in [9.17, 15) is 23.4 Å². The number of alkyl halides is 3. The van der Waals surface area contributed by atoms with Crippen molar-refractivity contribution in [1.82, 2.24) is 0 Å². The molecule has 1 fully saturated rings. The van der Waals surface area contributed by atoms with Crippen LogP contribution in [0.1, 0.15) is 45.7 Å². The van der Waals surface area contributed by atoms with Crippen LogP contribution < -0.4 is 5.46 Å². The molecule has 1 heterocycles. The summed E-state index contributed by atoms with van der Waals surface area (Å²) < 4.78 is 52.5. The molecule has 0 aliphatic carbocycles. The first kappa shape index (κ1) is 23.4. The molecule has 0 aromatic heterocycles. The molecule has 2 rings (SSSR count). The lowest BCUT2D eigenvalue weighted by atomic mass is 9.38. The largest absolute Gasteiger partial charge is 0.495 e. The maximum absolute atomic E-state index is 13.6. The van der Waals surface area contributed by atoms with Crippen LogP contribution in [-0.2, 0) is 20.0 Å². The average Bonchev–Trinajstić information content (AvgIpc) is 2.71. The average molecular weight is 390 g/mol. The van der Waals surface area contributed by atoms with Crippen LogP contribution in [0.4, 0.5) is 13.2 Å². The third-order valence-electron chi connectivity index (χ3n) is 5.50. The Balaban J connectivity index is 2.69. The molecule has 1 saturated heterocycles. The maximum atomic E-state index is 13.6. The van der Waals surface area contributed by atoms with Crippen molar-refractivity contribution >= 4 is 36.1 Å². The van der Waals surface area contributed by atoms with Crippen LogP contribution in [0.25, 0.3) is 0 Å². The molecule has 2 unspecified atom stereocenters. The number of benzene rings is 1. The van der Waals surface area contributed by atoms with E-state index in [0.717, 1.165) is 25.1 Å². The van der Waals surface area contributed by atoms with E-state index in [-0.39, 0.29) is 11.0 Å². The fourth-order valence-electron chi connectivity index (χ4n) is 3.00. The lowest BCUT2D eigenvalue weighted by Crippen LogP contribution is -2.52. The van der Waals surface area contributed by atoms with Crippen molar-refractivity contribution in [2.24, 2.45) is 0 Å². The van der Waals surface area contributed by atoms with Gasteiger partial charge in [0.05, 0.1) is 40.8 Å². The van der Waals surface area contributed by atoms with E-state index in [4.69, 9.17) is 32.8 Å². The molecular formula is C17H21B4F3O4. The van der Waals surface area contributed by atoms with E-state index in [0.29, 0.717) is 0 Å². The molecule has 0 spiro atoms. The first-order chi connectivity index (χ1) is 12.3. The normalized spacial score (nSPS) is 22.7. The van der Waals surface area contributed by atoms with E-state index < -0.39 is 46.9 Å². The zero-order chi connectivity index (χ0) is 21.9. The number of aliphatic hydroxyl groups excluding tert-OH is 1. The van der Waals surface area contributed by atoms with E-state index >= 15 is 0 Å². The molecule has 11 heteroatoms. The van der Waals surface area contributed by atoms with Crippen molar-refractivity contribution in [3.05, 3.63) is 29.3 Å². The van der Waals surface area contributed by atoms with Gasteiger partial charge in [0.25, 0.3) is 0 Å². The van der Waals surface area contributed by atoms with Gasteiger partial charge in [0.15, 0.2) is 0 Å². The Labute approximate surface area is 167 Å². The molecule has 4 nitrogen and oxygen atoms in total. The summed E-state index contributed by atoms with van der Waals surface area (Å²) >= 11 is 0. The third kappa shape index (κ3) is 3.78. The summed E-state index contributed by atoms with van der Waals surface area (Å²) in [6.45, 7) is 7.89. The number of rotatable bonds is 4. The lowest BCUT2D eigenvalue weighted by Gasteiger charge is -2.35. The minimum Gasteiger partial charge on any atom is -0.399 e. The molecule has 0 saturated carbocycles. The van der Waals surface area contributed by atoms with Crippen molar-refractivity contribution in [1.29, 1.82) is 0 Å². The number of hydrogen-bond acceptors (Lipinski definition) is 4. The Morgan fingerprint density at radius 3 is 1.86 bits per heavy atom. The van der Waals surface area contributed by atoms with Gasteiger partial charge in [0.1, 0.15) is 0 Å². The minimum atomic E-state index is -5.15. The second kappa shape index (κ2) is 6.83. The summed E-state index contributed by atoms with van der Waals surface area (Å²) in [4.78, 5) is 0. The van der Waals surface area contributed by atoms with E-state index in [1.54, 1.807) is 27.7 Å². The van der Waals surface area contributed by atoms with Crippen LogP contribution in [0.15, 0.2) is 18.2 Å². The fraction of sp³-hybridized carbons (Fsp3) is 0.647. The van der Waals surface area contributed by atoms with Gasteiger partial charge in [-0.05, 0) is 45.6 Å². The summed E-state index contributed by atoms with van der Waals surface area (Å²) in [6.07, 6.45) is -7.30. The molecule has 1 aromatic rings. The van der Waals surface area contributed by atoms with Crippen molar-refractivity contribution in [2.45, 2.75) is 68.8 Å². The topological polar surface area (TPSA) is 58.9 Å². The van der Waals surface area contributed by atoms with Gasteiger partial charge in [-0.3, -0.25) is 0 Å². The molecule has 146 valence electrons.